The van der Waals surface area contributed by atoms with E-state index >= 15 is 0 Å². The number of hydrogen-bond donors (Lipinski definition) is 1. The SMILES string of the molecule is CCC(=O)C1CCC(c2ccnc3cnc4[nH]ccc4c23)CC1N1CCCC(CN2CCCC2)C1. The zero-order valence-corrected chi connectivity index (χ0v) is 21.1. The van der Waals surface area contributed by atoms with Gasteiger partial charge in [0.25, 0.3) is 0 Å². The Kier molecular flexibility index (Phi) is 6.59. The summed E-state index contributed by atoms with van der Waals surface area (Å²) in [5.41, 5.74) is 3.29. The third-order valence-electron chi connectivity index (χ3n) is 9.08. The second-order valence-electron chi connectivity index (χ2n) is 11.2. The Balaban J connectivity index is 1.29. The van der Waals surface area contributed by atoms with E-state index in [-0.39, 0.29) is 5.92 Å². The van der Waals surface area contributed by atoms with E-state index in [4.69, 9.17) is 0 Å². The largest absolute Gasteiger partial charge is 0.346 e. The van der Waals surface area contributed by atoms with Crippen LogP contribution in [0.2, 0.25) is 0 Å². The first-order valence-corrected chi connectivity index (χ1v) is 13.9. The van der Waals surface area contributed by atoms with Crippen molar-refractivity contribution in [2.75, 3.05) is 32.7 Å². The molecule has 2 saturated heterocycles. The number of H-pyrrole nitrogens is 1. The van der Waals surface area contributed by atoms with Gasteiger partial charge in [-0.1, -0.05) is 6.92 Å². The fourth-order valence-corrected chi connectivity index (χ4v) is 7.37. The molecular formula is C29H39N5O. The molecule has 6 nitrogen and oxygen atoms in total. The van der Waals surface area contributed by atoms with Crippen molar-refractivity contribution in [2.24, 2.45) is 11.8 Å². The molecule has 2 aliphatic heterocycles. The lowest BCUT2D eigenvalue weighted by Crippen LogP contribution is -2.51. The number of nitrogens with zero attached hydrogens (tertiary/aromatic N) is 4. The van der Waals surface area contributed by atoms with Gasteiger partial charge in [0.05, 0.1) is 11.7 Å². The van der Waals surface area contributed by atoms with Crippen LogP contribution in [0.25, 0.3) is 21.9 Å². The number of carbonyl (C=O) groups excluding carboxylic acids is 1. The standard InChI is InChI=1S/C29H39N5O/c1-2-27(35)23-8-7-21(22-9-11-30-25-17-32-29-24(28(22)25)10-12-31-29)16-26(23)34-15-5-6-20(19-34)18-33-13-3-4-14-33/h9-12,17,20-21,23,26H,2-8,13-16,18-19H2,1H3,(H,31,32). The summed E-state index contributed by atoms with van der Waals surface area (Å²) in [6.45, 7) is 8.14. The van der Waals surface area contributed by atoms with Crippen LogP contribution in [0.4, 0.5) is 0 Å². The number of ketones is 1. The van der Waals surface area contributed by atoms with Crippen LogP contribution >= 0.6 is 0 Å². The van der Waals surface area contributed by atoms with Gasteiger partial charge in [-0.15, -0.1) is 0 Å². The van der Waals surface area contributed by atoms with E-state index in [2.05, 4.69) is 36.9 Å². The molecule has 186 valence electrons. The van der Waals surface area contributed by atoms with Gasteiger partial charge >= 0.3 is 0 Å². The van der Waals surface area contributed by atoms with Crippen LogP contribution in [0, 0.1) is 11.8 Å². The van der Waals surface area contributed by atoms with E-state index in [9.17, 15) is 4.79 Å². The molecule has 1 aliphatic carbocycles. The third kappa shape index (κ3) is 4.51. The molecule has 6 heteroatoms. The molecular weight excluding hydrogens is 434 g/mol. The molecule has 6 rings (SSSR count). The van der Waals surface area contributed by atoms with Crippen LogP contribution in [-0.2, 0) is 4.79 Å². The predicted molar refractivity (Wildman–Crippen MR) is 141 cm³/mol. The average Bonchev–Trinajstić information content (AvgIpc) is 3.60. The number of fused-ring (bicyclic) bond motifs is 3. The van der Waals surface area contributed by atoms with Gasteiger partial charge < -0.3 is 9.88 Å². The van der Waals surface area contributed by atoms with Gasteiger partial charge in [-0.3, -0.25) is 14.7 Å². The minimum atomic E-state index is 0.184. The molecule has 0 bridgehead atoms. The summed E-state index contributed by atoms with van der Waals surface area (Å²) < 4.78 is 0. The fourth-order valence-electron chi connectivity index (χ4n) is 7.37. The Hall–Kier alpha value is -2.31. The number of carbonyl (C=O) groups is 1. The predicted octanol–water partition coefficient (Wildman–Crippen LogP) is 5.15. The van der Waals surface area contributed by atoms with Gasteiger partial charge in [-0.2, -0.15) is 0 Å². The van der Waals surface area contributed by atoms with Crippen molar-refractivity contribution in [3.8, 4) is 0 Å². The molecule has 3 fully saturated rings. The number of rotatable bonds is 6. The Bertz CT molecular complexity index is 1180. The van der Waals surface area contributed by atoms with Gasteiger partial charge in [0.1, 0.15) is 11.4 Å². The van der Waals surface area contributed by atoms with E-state index < -0.39 is 0 Å². The van der Waals surface area contributed by atoms with Crippen molar-refractivity contribution >= 4 is 27.7 Å². The second kappa shape index (κ2) is 9.98. The molecule has 3 aromatic heterocycles. The number of aromatic nitrogens is 3. The molecule has 3 aromatic rings. The number of nitrogens with one attached hydrogen (secondary N) is 1. The third-order valence-corrected chi connectivity index (χ3v) is 9.08. The minimum absolute atomic E-state index is 0.184. The first-order chi connectivity index (χ1) is 17.2. The number of hydrogen-bond acceptors (Lipinski definition) is 5. The molecule has 4 unspecified atom stereocenters. The van der Waals surface area contributed by atoms with Gasteiger partial charge in [-0.25, -0.2) is 4.98 Å². The first-order valence-electron chi connectivity index (χ1n) is 13.9. The van der Waals surface area contributed by atoms with Crippen LogP contribution in [0.3, 0.4) is 0 Å². The Morgan fingerprint density at radius 1 is 1.09 bits per heavy atom. The highest BCUT2D eigenvalue weighted by atomic mass is 16.1. The van der Waals surface area contributed by atoms with Crippen molar-refractivity contribution in [2.45, 2.75) is 70.3 Å². The maximum Gasteiger partial charge on any atom is 0.137 e. The zero-order chi connectivity index (χ0) is 23.8. The summed E-state index contributed by atoms with van der Waals surface area (Å²) in [6, 6.07) is 4.72. The highest BCUT2D eigenvalue weighted by Crippen LogP contribution is 2.43. The number of piperidine rings is 1. The molecule has 0 aromatic carbocycles. The van der Waals surface area contributed by atoms with E-state index in [0.717, 1.165) is 54.8 Å². The van der Waals surface area contributed by atoms with Gasteiger partial charge in [0.2, 0.25) is 0 Å². The molecule has 3 aliphatic rings. The number of likely N-dealkylation sites (tertiary alicyclic amines) is 2. The van der Waals surface area contributed by atoms with Crippen molar-refractivity contribution < 1.29 is 4.79 Å². The first kappa shape index (κ1) is 23.1. The van der Waals surface area contributed by atoms with Crippen LogP contribution in [0.1, 0.15) is 69.8 Å². The lowest BCUT2D eigenvalue weighted by molar-refractivity contribution is -0.126. The van der Waals surface area contributed by atoms with Crippen LogP contribution < -0.4 is 0 Å². The highest BCUT2D eigenvalue weighted by molar-refractivity contribution is 6.05. The molecule has 0 spiro atoms. The lowest BCUT2D eigenvalue weighted by atomic mass is 9.72. The molecule has 0 radical (unpaired) electrons. The smallest absolute Gasteiger partial charge is 0.137 e. The summed E-state index contributed by atoms with van der Waals surface area (Å²) in [7, 11) is 0. The fraction of sp³-hybridized carbons (Fsp3) is 0.621. The Morgan fingerprint density at radius 3 is 2.83 bits per heavy atom. The zero-order valence-electron chi connectivity index (χ0n) is 21.1. The van der Waals surface area contributed by atoms with Crippen molar-refractivity contribution in [3.63, 3.8) is 0 Å². The molecule has 35 heavy (non-hydrogen) atoms. The van der Waals surface area contributed by atoms with Crippen LogP contribution in [0.15, 0.2) is 30.7 Å². The highest BCUT2D eigenvalue weighted by Gasteiger charge is 2.40. The summed E-state index contributed by atoms with van der Waals surface area (Å²) >= 11 is 0. The summed E-state index contributed by atoms with van der Waals surface area (Å²) in [4.78, 5) is 31.0. The topological polar surface area (TPSA) is 65.1 Å². The van der Waals surface area contributed by atoms with Gasteiger partial charge in [-0.05, 0) is 94.1 Å². The van der Waals surface area contributed by atoms with Crippen LogP contribution in [0.5, 0.6) is 0 Å². The van der Waals surface area contributed by atoms with Crippen molar-refractivity contribution in [3.05, 3.63) is 36.3 Å². The van der Waals surface area contributed by atoms with E-state index in [1.165, 1.54) is 56.3 Å². The maximum absolute atomic E-state index is 13.1. The summed E-state index contributed by atoms with van der Waals surface area (Å²) in [5, 5.41) is 2.41. The quantitative estimate of drug-likeness (QED) is 0.536. The maximum atomic E-state index is 13.1. The Morgan fingerprint density at radius 2 is 1.97 bits per heavy atom. The normalized spacial score (nSPS) is 28.7. The van der Waals surface area contributed by atoms with Gasteiger partial charge in [0.15, 0.2) is 0 Å². The summed E-state index contributed by atoms with van der Waals surface area (Å²) in [5.74, 6) is 1.84. The molecule has 0 amide bonds. The second-order valence-corrected chi connectivity index (χ2v) is 11.2. The minimum Gasteiger partial charge on any atom is -0.346 e. The lowest BCUT2D eigenvalue weighted by Gasteiger charge is -2.46. The average molecular weight is 474 g/mol. The van der Waals surface area contributed by atoms with Crippen LogP contribution in [-0.4, -0.2) is 69.3 Å². The Labute approximate surface area is 208 Å². The van der Waals surface area contributed by atoms with Crippen molar-refractivity contribution in [1.82, 2.24) is 24.8 Å². The molecule has 4 atom stereocenters. The van der Waals surface area contributed by atoms with Crippen molar-refractivity contribution in [1.29, 1.82) is 0 Å². The monoisotopic (exact) mass is 473 g/mol. The number of pyridine rings is 2. The molecule has 5 heterocycles. The molecule has 1 saturated carbocycles. The van der Waals surface area contributed by atoms with Gasteiger partial charge in [0, 0.05) is 54.6 Å². The number of aromatic amines is 1. The van der Waals surface area contributed by atoms with E-state index in [1.54, 1.807) is 0 Å². The number of Topliss-reactive ketones (excluding diaryl/α,β-unsaturated/α-hetero) is 1. The molecule has 1 N–H and O–H groups in total. The van der Waals surface area contributed by atoms with E-state index in [1.807, 2.05) is 25.5 Å². The summed E-state index contributed by atoms with van der Waals surface area (Å²) in [6.07, 6.45) is 14.9. The van der Waals surface area contributed by atoms with E-state index in [0.29, 0.717) is 24.2 Å².